The van der Waals surface area contributed by atoms with Gasteiger partial charge in [0.05, 0.1) is 23.1 Å². The molecule has 6 heterocycles. The molecule has 7 rings (SSSR count). The smallest absolute Gasteiger partial charge is 0.279 e. The number of nitrogen functional groups attached to an aromatic ring is 1. The second-order valence-corrected chi connectivity index (χ2v) is 12.3. The van der Waals surface area contributed by atoms with Crippen molar-refractivity contribution in [1.29, 1.82) is 0 Å². The molecule has 2 saturated heterocycles. The molecule has 3 N–H and O–H groups in total. The van der Waals surface area contributed by atoms with E-state index in [0.29, 0.717) is 29.7 Å². The third-order valence-corrected chi connectivity index (χ3v) is 10.0. The number of aromatic amines is 1. The Morgan fingerprint density at radius 2 is 1.78 bits per heavy atom. The number of fused-ring (bicyclic) bond motifs is 3. The summed E-state index contributed by atoms with van der Waals surface area (Å²) in [6.45, 7) is 1.47. The number of anilines is 1. The van der Waals surface area contributed by atoms with Crippen molar-refractivity contribution in [1.82, 2.24) is 39.1 Å². The third kappa shape index (κ3) is 4.11. The van der Waals surface area contributed by atoms with Crippen LogP contribution in [0.2, 0.25) is 0 Å². The van der Waals surface area contributed by atoms with Gasteiger partial charge in [0.1, 0.15) is 12.1 Å². The number of benzene rings is 1. The highest BCUT2D eigenvalue weighted by molar-refractivity contribution is 7.89. The summed E-state index contributed by atoms with van der Waals surface area (Å²) in [4.78, 5) is 25.2. The van der Waals surface area contributed by atoms with Crippen LogP contribution in [-0.4, -0.2) is 65.4 Å². The largest absolute Gasteiger partial charge is 0.383 e. The van der Waals surface area contributed by atoms with Crippen LogP contribution in [0.3, 0.4) is 0 Å². The van der Waals surface area contributed by atoms with E-state index >= 15 is 0 Å². The van der Waals surface area contributed by atoms with Gasteiger partial charge in [-0.05, 0) is 38.7 Å². The highest BCUT2D eigenvalue weighted by atomic mass is 32.2. The van der Waals surface area contributed by atoms with E-state index in [9.17, 15) is 13.2 Å². The van der Waals surface area contributed by atoms with E-state index in [1.807, 2.05) is 42.5 Å². The van der Waals surface area contributed by atoms with Gasteiger partial charge in [-0.3, -0.25) is 9.78 Å². The maximum atomic E-state index is 13.3. The molecule has 0 saturated carbocycles. The lowest BCUT2D eigenvalue weighted by atomic mass is 9.86. The Hall–Kier alpha value is -4.49. The number of sulfonamides is 1. The van der Waals surface area contributed by atoms with Gasteiger partial charge in [-0.1, -0.05) is 36.4 Å². The van der Waals surface area contributed by atoms with Crippen LogP contribution in [0.4, 0.5) is 5.82 Å². The Kier molecular flexibility index (Phi) is 5.94. The molecule has 2 bridgehead atoms. The SMILES string of the molecule is CC(=O)c1c([C@H]2C[C@H]3CC[C@@H](C2)N3S(=O)(=O)c2nnc[nH]2)nc2c(-c3ccc(-c4ccccc4)nc3)cnn2c1N. The Morgan fingerprint density at radius 1 is 1.02 bits per heavy atom. The zero-order chi connectivity index (χ0) is 28.3. The maximum absolute atomic E-state index is 13.3. The first-order chi connectivity index (χ1) is 19.8. The molecule has 2 aliphatic rings. The third-order valence-electron chi connectivity index (χ3n) is 8.18. The molecule has 13 heteroatoms. The fourth-order valence-electron chi connectivity index (χ4n) is 6.40. The topological polar surface area (TPSA) is 165 Å². The number of nitrogens with two attached hydrogens (primary N) is 1. The highest BCUT2D eigenvalue weighted by Crippen LogP contribution is 2.46. The summed E-state index contributed by atoms with van der Waals surface area (Å²) < 4.78 is 29.7. The van der Waals surface area contributed by atoms with E-state index < -0.39 is 10.0 Å². The lowest BCUT2D eigenvalue weighted by Gasteiger charge is -2.37. The molecule has 2 fully saturated rings. The van der Waals surface area contributed by atoms with Gasteiger partial charge in [-0.2, -0.15) is 13.9 Å². The molecule has 4 aromatic heterocycles. The van der Waals surface area contributed by atoms with Gasteiger partial charge in [-0.25, -0.2) is 13.4 Å². The Bertz CT molecular complexity index is 1860. The molecule has 0 radical (unpaired) electrons. The van der Waals surface area contributed by atoms with E-state index in [0.717, 1.165) is 35.2 Å². The van der Waals surface area contributed by atoms with Crippen molar-refractivity contribution in [2.45, 2.75) is 55.8 Å². The van der Waals surface area contributed by atoms with E-state index in [4.69, 9.17) is 10.7 Å². The van der Waals surface area contributed by atoms with Crippen LogP contribution in [0.25, 0.3) is 28.0 Å². The summed E-state index contributed by atoms with van der Waals surface area (Å²) in [5, 5.41) is 11.7. The van der Waals surface area contributed by atoms with Crippen molar-refractivity contribution in [3.05, 3.63) is 72.4 Å². The number of rotatable bonds is 6. The molecule has 5 aromatic rings. The molecule has 0 aliphatic carbocycles. The lowest BCUT2D eigenvalue weighted by Crippen LogP contribution is -2.46. The summed E-state index contributed by atoms with van der Waals surface area (Å²) in [6.07, 6.45) is 7.20. The number of Topliss-reactive ketones (excluding diaryl/α,β-unsaturated/α-hetero) is 1. The fraction of sp³-hybridized carbons (Fsp3) is 0.286. The van der Waals surface area contributed by atoms with Crippen LogP contribution in [0.1, 0.15) is 54.6 Å². The quantitative estimate of drug-likeness (QED) is 0.291. The number of hydrogen-bond donors (Lipinski definition) is 2. The highest BCUT2D eigenvalue weighted by Gasteiger charge is 2.49. The molecule has 1 aromatic carbocycles. The predicted molar refractivity (Wildman–Crippen MR) is 150 cm³/mol. The number of pyridine rings is 1. The summed E-state index contributed by atoms with van der Waals surface area (Å²) in [6, 6.07) is 13.3. The first-order valence-electron chi connectivity index (χ1n) is 13.4. The average molecular weight is 570 g/mol. The Balaban J connectivity index is 1.27. The zero-order valence-corrected chi connectivity index (χ0v) is 23.0. The van der Waals surface area contributed by atoms with Crippen LogP contribution >= 0.6 is 0 Å². The van der Waals surface area contributed by atoms with Crippen LogP contribution < -0.4 is 5.73 Å². The minimum atomic E-state index is -3.82. The van der Waals surface area contributed by atoms with Crippen molar-refractivity contribution in [2.24, 2.45) is 0 Å². The van der Waals surface area contributed by atoms with E-state index in [1.54, 1.807) is 16.7 Å². The van der Waals surface area contributed by atoms with Gasteiger partial charge in [0.2, 0.25) is 0 Å². The average Bonchev–Trinajstić information content (AvgIpc) is 3.72. The second kappa shape index (κ2) is 9.56. The Labute approximate surface area is 235 Å². The molecule has 2 aliphatic heterocycles. The molecule has 0 amide bonds. The van der Waals surface area contributed by atoms with Gasteiger partial charge in [0.15, 0.2) is 11.4 Å². The molecule has 41 heavy (non-hydrogen) atoms. The number of H-pyrrole nitrogens is 1. The van der Waals surface area contributed by atoms with Gasteiger partial charge < -0.3 is 10.7 Å². The molecule has 0 spiro atoms. The van der Waals surface area contributed by atoms with E-state index in [-0.39, 0.29) is 34.8 Å². The summed E-state index contributed by atoms with van der Waals surface area (Å²) >= 11 is 0. The van der Waals surface area contributed by atoms with Gasteiger partial charge in [-0.15, -0.1) is 10.2 Å². The minimum absolute atomic E-state index is 0.152. The molecule has 0 unspecified atom stereocenters. The van der Waals surface area contributed by atoms with Crippen molar-refractivity contribution in [3.8, 4) is 22.4 Å². The number of piperidine rings is 1. The number of carbonyl (C=O) groups is 1. The number of ketones is 1. The number of nitrogens with zero attached hydrogens (tertiary/aromatic N) is 7. The number of hydrogen-bond acceptors (Lipinski definition) is 9. The van der Waals surface area contributed by atoms with Gasteiger partial charge >= 0.3 is 0 Å². The molecular formula is C28H27N9O3S. The molecule has 12 nitrogen and oxygen atoms in total. The van der Waals surface area contributed by atoms with Crippen LogP contribution in [0, 0.1) is 0 Å². The van der Waals surface area contributed by atoms with Crippen LogP contribution in [0.15, 0.2) is 66.3 Å². The Morgan fingerprint density at radius 3 is 2.41 bits per heavy atom. The molecule has 3 atom stereocenters. The van der Waals surface area contributed by atoms with Crippen molar-refractivity contribution in [3.63, 3.8) is 0 Å². The van der Waals surface area contributed by atoms with E-state index in [2.05, 4.69) is 25.3 Å². The summed E-state index contributed by atoms with van der Waals surface area (Å²) in [5.41, 5.74) is 11.4. The van der Waals surface area contributed by atoms with Gasteiger partial charge in [0.25, 0.3) is 15.2 Å². The standard InChI is InChI=1S/C28H27N9O3S/c1-16(38)24-25(19-11-20-8-9-21(12-19)37(20)41(39,40)28-31-15-32-35-28)34-27-22(14-33-36(27)26(24)29)18-7-10-23(30-13-18)17-5-3-2-4-6-17/h2-7,10,13-15,19-21H,8-9,11-12,29H2,1H3,(H,31,32,35)/t19-,20+,21-. The maximum Gasteiger partial charge on any atom is 0.279 e. The van der Waals surface area contributed by atoms with Crippen LogP contribution in [-0.2, 0) is 10.0 Å². The summed E-state index contributed by atoms with van der Waals surface area (Å²) in [7, 11) is -3.82. The first-order valence-corrected chi connectivity index (χ1v) is 14.9. The van der Waals surface area contributed by atoms with Crippen LogP contribution in [0.5, 0.6) is 0 Å². The number of carbonyl (C=O) groups excluding carboxylic acids is 1. The van der Waals surface area contributed by atoms with E-state index in [1.165, 1.54) is 17.8 Å². The normalized spacial score (nSPS) is 21.0. The van der Waals surface area contributed by atoms with Gasteiger partial charge in [0, 0.05) is 40.9 Å². The minimum Gasteiger partial charge on any atom is -0.383 e. The summed E-state index contributed by atoms with van der Waals surface area (Å²) in [5.74, 6) is -0.134. The zero-order valence-electron chi connectivity index (χ0n) is 22.2. The molecular weight excluding hydrogens is 542 g/mol. The second-order valence-electron chi connectivity index (χ2n) is 10.6. The lowest BCUT2D eigenvalue weighted by molar-refractivity contribution is 0.101. The number of aromatic nitrogens is 7. The number of nitrogens with one attached hydrogen (secondary N) is 1. The fourth-order valence-corrected chi connectivity index (χ4v) is 8.12. The monoisotopic (exact) mass is 569 g/mol. The van der Waals surface area contributed by atoms with Crippen molar-refractivity contribution in [2.75, 3.05) is 5.73 Å². The first kappa shape index (κ1) is 25.5. The predicted octanol–water partition coefficient (Wildman–Crippen LogP) is 3.46. The van der Waals surface area contributed by atoms with Crippen molar-refractivity contribution < 1.29 is 13.2 Å². The van der Waals surface area contributed by atoms with Crippen molar-refractivity contribution >= 4 is 27.3 Å². The molecule has 208 valence electrons.